The molecule has 2 rings (SSSR count). The van der Waals surface area contributed by atoms with Crippen LogP contribution in [0.3, 0.4) is 0 Å². The number of hydrogen-bond donors (Lipinski definition) is 1. The van der Waals surface area contributed by atoms with Gasteiger partial charge in [-0.3, -0.25) is 9.59 Å². The highest BCUT2D eigenvalue weighted by Gasteiger charge is 2.40. The van der Waals surface area contributed by atoms with Crippen LogP contribution in [0.1, 0.15) is 42.9 Å². The summed E-state index contributed by atoms with van der Waals surface area (Å²) in [6.07, 6.45) is 0.920. The first-order valence-electron chi connectivity index (χ1n) is 8.71. The highest BCUT2D eigenvalue weighted by molar-refractivity contribution is 5.94. The zero-order valence-electron chi connectivity index (χ0n) is 16.2. The molecule has 0 unspecified atom stereocenters. The molecule has 150 valence electrons. The fourth-order valence-electron chi connectivity index (χ4n) is 2.69. The summed E-state index contributed by atoms with van der Waals surface area (Å²) in [5, 5.41) is 2.62. The molecule has 28 heavy (non-hydrogen) atoms. The van der Waals surface area contributed by atoms with Crippen molar-refractivity contribution in [3.63, 3.8) is 0 Å². The van der Waals surface area contributed by atoms with Crippen molar-refractivity contribution in [1.29, 1.82) is 0 Å². The summed E-state index contributed by atoms with van der Waals surface area (Å²) in [7, 11) is 1.69. The molecular weight excluding hydrogens is 366 g/mol. The number of nitrogens with one attached hydrogen (secondary N) is 1. The number of alkyl halides is 2. The topological polar surface area (TPSA) is 65.5 Å². The maximum Gasteiger partial charge on any atom is 0.280 e. The Balaban J connectivity index is 2.29. The highest BCUT2D eigenvalue weighted by atomic mass is 19.3. The molecule has 1 aliphatic rings. The Labute approximate surface area is 163 Å². The van der Waals surface area contributed by atoms with Crippen LogP contribution in [0.25, 0.3) is 0 Å². The Bertz CT molecular complexity index is 833. The van der Waals surface area contributed by atoms with Crippen LogP contribution in [0.4, 0.5) is 8.78 Å². The summed E-state index contributed by atoms with van der Waals surface area (Å²) in [5.41, 5.74) is -0.608. The van der Waals surface area contributed by atoms with Crippen molar-refractivity contribution in [2.45, 2.75) is 26.7 Å². The lowest BCUT2D eigenvalue weighted by Gasteiger charge is -2.24. The van der Waals surface area contributed by atoms with Crippen LogP contribution in [0.5, 0.6) is 0 Å². The van der Waals surface area contributed by atoms with E-state index < -0.39 is 23.4 Å². The van der Waals surface area contributed by atoms with E-state index in [1.54, 1.807) is 18.1 Å². The Hall–Kier alpha value is -3.03. The molecule has 8 heteroatoms. The van der Waals surface area contributed by atoms with Crippen LogP contribution in [0.15, 0.2) is 55.2 Å². The fraction of sp³-hybridized carbons (Fsp3) is 0.350. The molecule has 1 aromatic rings. The molecule has 6 nitrogen and oxygen atoms in total. The SMILES string of the molecule is C=CN(C)/C=C(/NC(=O)c1cccc(C(F)F)n1)C(=C)N1CCC(C)(C)C1=O. The van der Waals surface area contributed by atoms with E-state index in [1.807, 2.05) is 13.8 Å². The van der Waals surface area contributed by atoms with Crippen molar-refractivity contribution in [3.05, 3.63) is 66.5 Å². The summed E-state index contributed by atoms with van der Waals surface area (Å²) < 4.78 is 25.7. The van der Waals surface area contributed by atoms with E-state index in [2.05, 4.69) is 23.5 Å². The van der Waals surface area contributed by atoms with Gasteiger partial charge in [-0.15, -0.1) is 0 Å². The predicted octanol–water partition coefficient (Wildman–Crippen LogP) is 3.44. The first-order chi connectivity index (χ1) is 13.1. The molecule has 0 aromatic carbocycles. The van der Waals surface area contributed by atoms with Crippen LogP contribution in [-0.2, 0) is 4.79 Å². The number of carbonyl (C=O) groups excluding carboxylic acids is 2. The number of hydrogen-bond acceptors (Lipinski definition) is 4. The summed E-state index contributed by atoms with van der Waals surface area (Å²) in [4.78, 5) is 32.0. The number of rotatable bonds is 7. The van der Waals surface area contributed by atoms with E-state index in [9.17, 15) is 18.4 Å². The van der Waals surface area contributed by atoms with E-state index in [1.165, 1.54) is 23.2 Å². The smallest absolute Gasteiger partial charge is 0.280 e. The molecule has 0 bridgehead atoms. The molecule has 0 spiro atoms. The first-order valence-corrected chi connectivity index (χ1v) is 8.71. The van der Waals surface area contributed by atoms with Gasteiger partial charge in [0.1, 0.15) is 11.4 Å². The third-order valence-corrected chi connectivity index (χ3v) is 4.52. The van der Waals surface area contributed by atoms with Gasteiger partial charge in [0.2, 0.25) is 5.91 Å². The third kappa shape index (κ3) is 4.62. The predicted molar refractivity (Wildman–Crippen MR) is 102 cm³/mol. The summed E-state index contributed by atoms with van der Waals surface area (Å²) in [5.74, 6) is -0.782. The lowest BCUT2D eigenvalue weighted by molar-refractivity contribution is -0.132. The second kappa shape index (κ2) is 8.33. The average Bonchev–Trinajstić information content (AvgIpc) is 2.93. The minimum atomic E-state index is -2.78. The van der Waals surface area contributed by atoms with Gasteiger partial charge < -0.3 is 15.1 Å². The van der Waals surface area contributed by atoms with Crippen molar-refractivity contribution >= 4 is 11.8 Å². The summed E-state index contributed by atoms with van der Waals surface area (Å²) >= 11 is 0. The normalized spacial score (nSPS) is 16.3. The zero-order valence-corrected chi connectivity index (χ0v) is 16.2. The van der Waals surface area contributed by atoms with Crippen LogP contribution in [-0.4, -0.2) is 40.2 Å². The van der Waals surface area contributed by atoms with Crippen molar-refractivity contribution in [2.24, 2.45) is 5.41 Å². The number of amides is 2. The number of carbonyl (C=O) groups is 2. The first kappa shape index (κ1) is 21.3. The summed E-state index contributed by atoms with van der Waals surface area (Å²) in [6, 6.07) is 3.82. The molecule has 1 fully saturated rings. The minimum absolute atomic E-state index is 0.100. The van der Waals surface area contributed by atoms with Crippen molar-refractivity contribution in [3.8, 4) is 0 Å². The Morgan fingerprint density at radius 2 is 2.11 bits per heavy atom. The molecule has 1 saturated heterocycles. The van der Waals surface area contributed by atoms with Crippen LogP contribution in [0.2, 0.25) is 0 Å². The maximum atomic E-state index is 12.9. The van der Waals surface area contributed by atoms with E-state index in [4.69, 9.17) is 0 Å². The van der Waals surface area contributed by atoms with Crippen molar-refractivity contribution < 1.29 is 18.4 Å². The third-order valence-electron chi connectivity index (χ3n) is 4.52. The van der Waals surface area contributed by atoms with E-state index in [0.717, 1.165) is 6.07 Å². The quantitative estimate of drug-likeness (QED) is 0.725. The van der Waals surface area contributed by atoms with Gasteiger partial charge in [0.25, 0.3) is 12.3 Å². The second-order valence-electron chi connectivity index (χ2n) is 7.13. The molecular formula is C20H24F2N4O2. The highest BCUT2D eigenvalue weighted by Crippen LogP contribution is 2.33. The van der Waals surface area contributed by atoms with Gasteiger partial charge in [-0.25, -0.2) is 13.8 Å². The van der Waals surface area contributed by atoms with E-state index >= 15 is 0 Å². The van der Waals surface area contributed by atoms with E-state index in [0.29, 0.717) is 18.7 Å². The molecule has 0 aliphatic carbocycles. The number of nitrogens with zero attached hydrogens (tertiary/aromatic N) is 3. The monoisotopic (exact) mass is 390 g/mol. The maximum absolute atomic E-state index is 12.9. The van der Waals surface area contributed by atoms with Gasteiger partial charge in [-0.1, -0.05) is 33.1 Å². The zero-order chi connectivity index (χ0) is 21.1. The standard InChI is InChI=1S/C20H24F2N4O2/c1-6-25(5)12-16(13(2)26-11-10-20(3,4)19(26)28)24-18(27)15-9-7-8-14(23-15)17(21)22/h6-9,12,17H,1-2,10-11H2,3-5H3,(H,24,27)/b16-12+. The largest absolute Gasteiger partial charge is 0.356 e. The molecule has 1 N–H and O–H groups in total. The fourth-order valence-corrected chi connectivity index (χ4v) is 2.69. The second-order valence-corrected chi connectivity index (χ2v) is 7.13. The van der Waals surface area contributed by atoms with Crippen molar-refractivity contribution in [1.82, 2.24) is 20.1 Å². The number of likely N-dealkylation sites (tertiary alicyclic amines) is 1. The van der Waals surface area contributed by atoms with Crippen LogP contribution in [0, 0.1) is 5.41 Å². The van der Waals surface area contributed by atoms with Crippen LogP contribution >= 0.6 is 0 Å². The lowest BCUT2D eigenvalue weighted by Crippen LogP contribution is -2.35. The van der Waals surface area contributed by atoms with Crippen LogP contribution < -0.4 is 5.32 Å². The molecule has 0 saturated carbocycles. The van der Waals surface area contributed by atoms with Gasteiger partial charge in [0.15, 0.2) is 0 Å². The molecule has 2 heterocycles. The Morgan fingerprint density at radius 1 is 1.43 bits per heavy atom. The number of pyridine rings is 1. The lowest BCUT2D eigenvalue weighted by atomic mass is 9.92. The number of aromatic nitrogens is 1. The minimum Gasteiger partial charge on any atom is -0.356 e. The van der Waals surface area contributed by atoms with Gasteiger partial charge in [0.05, 0.1) is 11.4 Å². The average molecular weight is 390 g/mol. The Morgan fingerprint density at radius 3 is 2.64 bits per heavy atom. The summed E-state index contributed by atoms with van der Waals surface area (Å²) in [6.45, 7) is 11.8. The van der Waals surface area contributed by atoms with Gasteiger partial charge in [-0.05, 0) is 24.8 Å². The van der Waals surface area contributed by atoms with Gasteiger partial charge >= 0.3 is 0 Å². The van der Waals surface area contributed by atoms with Gasteiger partial charge in [-0.2, -0.15) is 0 Å². The molecule has 2 amide bonds. The molecule has 1 aliphatic heterocycles. The van der Waals surface area contributed by atoms with Gasteiger partial charge in [0, 0.05) is 25.2 Å². The van der Waals surface area contributed by atoms with E-state index in [-0.39, 0.29) is 17.3 Å². The molecule has 1 aromatic heterocycles. The number of halogens is 2. The van der Waals surface area contributed by atoms with Crippen molar-refractivity contribution in [2.75, 3.05) is 13.6 Å². The molecule has 0 atom stereocenters. The molecule has 0 radical (unpaired) electrons. The Kier molecular flexibility index (Phi) is 6.33.